The number of nitrogens with zero attached hydrogens (tertiary/aromatic N) is 3. The maximum atomic E-state index is 8.90. The maximum absolute atomic E-state index is 8.90. The van der Waals surface area contributed by atoms with Gasteiger partial charge in [-0.1, -0.05) is 35.5 Å². The lowest BCUT2D eigenvalue weighted by molar-refractivity contribution is 0.322. The van der Waals surface area contributed by atoms with Gasteiger partial charge in [-0.25, -0.2) is 4.98 Å². The van der Waals surface area contributed by atoms with Crippen LogP contribution in [0.3, 0.4) is 0 Å². The summed E-state index contributed by atoms with van der Waals surface area (Å²) in [4.78, 5) is 4.53. The smallest absolute Gasteiger partial charge is 0.100 e. The lowest BCUT2D eigenvalue weighted by atomic mass is 10.0. The number of nitrogen functional groups attached to an aromatic ring is 1. The number of hydrogen-bond donors (Lipinski definition) is 2. The number of para-hydroxylation sites is 1. The van der Waals surface area contributed by atoms with Crippen LogP contribution < -0.4 is 5.73 Å². The van der Waals surface area contributed by atoms with E-state index in [0.717, 1.165) is 33.4 Å². The molecule has 122 valence electrons. The molecule has 5 nitrogen and oxygen atoms in total. The number of imidazole rings is 1. The lowest BCUT2D eigenvalue weighted by Crippen LogP contribution is -1.95. The largest absolute Gasteiger partial charge is 0.411 e. The van der Waals surface area contributed by atoms with Crippen LogP contribution in [0.4, 0.5) is 5.69 Å². The fourth-order valence-corrected chi connectivity index (χ4v) is 3.02. The number of anilines is 1. The van der Waals surface area contributed by atoms with Crippen molar-refractivity contribution in [2.45, 2.75) is 0 Å². The molecule has 0 aliphatic heterocycles. The van der Waals surface area contributed by atoms with Crippen molar-refractivity contribution in [3.63, 3.8) is 0 Å². The molecular weight excluding hydrogens is 312 g/mol. The van der Waals surface area contributed by atoms with E-state index in [4.69, 9.17) is 10.9 Å². The summed E-state index contributed by atoms with van der Waals surface area (Å²) in [7, 11) is 0. The Balaban J connectivity index is 2.05. The van der Waals surface area contributed by atoms with Crippen molar-refractivity contribution in [3.05, 3.63) is 78.6 Å². The molecule has 0 aliphatic rings. The Morgan fingerprint density at radius 1 is 1.00 bits per heavy atom. The van der Waals surface area contributed by atoms with E-state index < -0.39 is 0 Å². The number of rotatable bonds is 3. The summed E-state index contributed by atoms with van der Waals surface area (Å²) in [6.45, 7) is 0. The van der Waals surface area contributed by atoms with Gasteiger partial charge in [-0.2, -0.15) is 0 Å². The van der Waals surface area contributed by atoms with E-state index in [0.29, 0.717) is 5.69 Å². The van der Waals surface area contributed by atoms with Crippen molar-refractivity contribution in [2.24, 2.45) is 5.16 Å². The highest BCUT2D eigenvalue weighted by atomic mass is 16.4. The van der Waals surface area contributed by atoms with Gasteiger partial charge in [-0.05, 0) is 47.5 Å². The monoisotopic (exact) mass is 328 g/mol. The molecule has 0 bridgehead atoms. The average Bonchev–Trinajstić information content (AvgIpc) is 3.06. The van der Waals surface area contributed by atoms with Gasteiger partial charge >= 0.3 is 0 Å². The van der Waals surface area contributed by atoms with Crippen LogP contribution in [-0.2, 0) is 0 Å². The highest BCUT2D eigenvalue weighted by Crippen LogP contribution is 2.32. The third kappa shape index (κ3) is 2.72. The molecule has 1 aromatic heterocycles. The molecule has 0 fully saturated rings. The minimum atomic E-state index is 0.692. The lowest BCUT2D eigenvalue weighted by Gasteiger charge is -2.11. The zero-order valence-electron chi connectivity index (χ0n) is 13.4. The van der Waals surface area contributed by atoms with E-state index in [9.17, 15) is 0 Å². The second-order valence-electron chi connectivity index (χ2n) is 5.76. The molecule has 0 unspecified atom stereocenters. The molecule has 3 aromatic carbocycles. The predicted molar refractivity (Wildman–Crippen MR) is 100 cm³/mol. The van der Waals surface area contributed by atoms with Crippen LogP contribution in [0.15, 0.2) is 78.2 Å². The molecule has 0 atom stereocenters. The van der Waals surface area contributed by atoms with Crippen LogP contribution in [0.5, 0.6) is 0 Å². The maximum Gasteiger partial charge on any atom is 0.100 e. The summed E-state index contributed by atoms with van der Waals surface area (Å²) in [5.41, 5.74) is 12.2. The van der Waals surface area contributed by atoms with Crippen LogP contribution >= 0.6 is 0 Å². The second kappa shape index (κ2) is 6.13. The van der Waals surface area contributed by atoms with Gasteiger partial charge in [0.1, 0.15) is 6.33 Å². The van der Waals surface area contributed by atoms with Gasteiger partial charge < -0.3 is 10.9 Å². The van der Waals surface area contributed by atoms with E-state index in [1.54, 1.807) is 6.33 Å². The van der Waals surface area contributed by atoms with Gasteiger partial charge in [0.25, 0.3) is 0 Å². The predicted octanol–water partition coefficient (Wildman–Crippen LogP) is 4.08. The standard InChI is InChI=1S/C20H16N4O/c21-16-6-4-5-15(11-16)18-9-14(12-23-25)10-19-20(18)24(13-22-19)17-7-2-1-3-8-17/h1-13,25H,21H2/b23-12+. The number of benzene rings is 3. The first-order valence-electron chi connectivity index (χ1n) is 7.86. The van der Waals surface area contributed by atoms with Crippen molar-refractivity contribution in [1.29, 1.82) is 0 Å². The summed E-state index contributed by atoms with van der Waals surface area (Å²) in [6, 6.07) is 21.6. The number of aromatic nitrogens is 2. The molecule has 1 heterocycles. The Labute approximate surface area is 144 Å². The quantitative estimate of drug-likeness (QED) is 0.257. The van der Waals surface area contributed by atoms with E-state index in [-0.39, 0.29) is 0 Å². The molecule has 0 spiro atoms. The third-order valence-electron chi connectivity index (χ3n) is 4.10. The highest BCUT2D eigenvalue weighted by Gasteiger charge is 2.13. The van der Waals surface area contributed by atoms with E-state index in [1.807, 2.05) is 71.3 Å². The first-order valence-corrected chi connectivity index (χ1v) is 7.86. The van der Waals surface area contributed by atoms with Crippen molar-refractivity contribution in [1.82, 2.24) is 9.55 Å². The minimum Gasteiger partial charge on any atom is -0.411 e. The molecule has 4 rings (SSSR count). The SMILES string of the molecule is Nc1cccc(-c2cc(/C=N/O)cc3ncn(-c4ccccc4)c23)c1. The van der Waals surface area contributed by atoms with Gasteiger partial charge in [0.2, 0.25) is 0 Å². The third-order valence-corrected chi connectivity index (χ3v) is 4.10. The van der Waals surface area contributed by atoms with Crippen LogP contribution in [0, 0.1) is 0 Å². The summed E-state index contributed by atoms with van der Waals surface area (Å²) >= 11 is 0. The van der Waals surface area contributed by atoms with Crippen molar-refractivity contribution in [2.75, 3.05) is 5.73 Å². The second-order valence-corrected chi connectivity index (χ2v) is 5.76. The normalized spacial score (nSPS) is 11.4. The summed E-state index contributed by atoms with van der Waals surface area (Å²) in [5.74, 6) is 0. The molecule has 0 radical (unpaired) electrons. The highest BCUT2D eigenvalue weighted by molar-refractivity contribution is 5.98. The van der Waals surface area contributed by atoms with Crippen molar-refractivity contribution < 1.29 is 5.21 Å². The molecule has 0 aliphatic carbocycles. The zero-order valence-corrected chi connectivity index (χ0v) is 13.4. The Morgan fingerprint density at radius 3 is 2.60 bits per heavy atom. The molecule has 0 saturated carbocycles. The Kier molecular flexibility index (Phi) is 3.67. The molecule has 0 amide bonds. The van der Waals surface area contributed by atoms with Crippen molar-refractivity contribution in [3.8, 4) is 16.8 Å². The summed E-state index contributed by atoms with van der Waals surface area (Å²) in [5, 5.41) is 12.1. The van der Waals surface area contributed by atoms with E-state index in [1.165, 1.54) is 6.21 Å². The molecule has 0 saturated heterocycles. The number of hydrogen-bond acceptors (Lipinski definition) is 4. The van der Waals surface area contributed by atoms with Crippen molar-refractivity contribution >= 4 is 22.9 Å². The summed E-state index contributed by atoms with van der Waals surface area (Å²) in [6.07, 6.45) is 3.20. The molecule has 5 heteroatoms. The van der Waals surface area contributed by atoms with Crippen LogP contribution in [0.1, 0.15) is 5.56 Å². The minimum absolute atomic E-state index is 0.692. The zero-order chi connectivity index (χ0) is 17.2. The molecular formula is C20H16N4O. The Hall–Kier alpha value is -3.60. The number of nitrogens with two attached hydrogens (primary N) is 1. The number of fused-ring (bicyclic) bond motifs is 1. The van der Waals surface area contributed by atoms with E-state index >= 15 is 0 Å². The van der Waals surface area contributed by atoms with Crippen LogP contribution in [0.2, 0.25) is 0 Å². The average molecular weight is 328 g/mol. The van der Waals surface area contributed by atoms with Gasteiger partial charge in [-0.15, -0.1) is 0 Å². The van der Waals surface area contributed by atoms with Gasteiger partial charge in [-0.3, -0.25) is 4.57 Å². The van der Waals surface area contributed by atoms with Crippen LogP contribution in [0.25, 0.3) is 27.8 Å². The Morgan fingerprint density at radius 2 is 1.84 bits per heavy atom. The number of oxime groups is 1. The van der Waals surface area contributed by atoms with Gasteiger partial charge in [0.05, 0.1) is 17.2 Å². The Bertz CT molecular complexity index is 1070. The summed E-state index contributed by atoms with van der Waals surface area (Å²) < 4.78 is 2.05. The molecule has 3 N–H and O–H groups in total. The topological polar surface area (TPSA) is 76.4 Å². The molecule has 25 heavy (non-hydrogen) atoms. The molecule has 4 aromatic rings. The van der Waals surface area contributed by atoms with Gasteiger partial charge in [0, 0.05) is 16.9 Å². The first-order chi connectivity index (χ1) is 12.3. The first kappa shape index (κ1) is 15.0. The fourth-order valence-electron chi connectivity index (χ4n) is 3.02. The van der Waals surface area contributed by atoms with E-state index in [2.05, 4.69) is 10.1 Å². The fraction of sp³-hybridized carbons (Fsp3) is 0. The van der Waals surface area contributed by atoms with Crippen LogP contribution in [-0.4, -0.2) is 21.0 Å². The van der Waals surface area contributed by atoms with Gasteiger partial charge in [0.15, 0.2) is 0 Å².